The van der Waals surface area contributed by atoms with E-state index in [2.05, 4.69) is 10.0 Å². The molecule has 0 aromatic heterocycles. The van der Waals surface area contributed by atoms with Gasteiger partial charge in [0.1, 0.15) is 4.90 Å². The number of sulfonamides is 1. The second-order valence-electron chi connectivity index (χ2n) is 5.08. The standard InChI is InChI=1S/C13H21N3O2S/c1-10(14)8-9-15-12-4-2-3-5-13(12)19(17,18)16-11-6-7-11/h2-5,10-11,15-16H,6-9,14H2,1H3. The first kappa shape index (κ1) is 14.3. The summed E-state index contributed by atoms with van der Waals surface area (Å²) in [4.78, 5) is 0.312. The predicted molar refractivity (Wildman–Crippen MR) is 76.5 cm³/mol. The number of para-hydroxylation sites is 1. The van der Waals surface area contributed by atoms with Crippen molar-refractivity contribution in [2.75, 3.05) is 11.9 Å². The Labute approximate surface area is 114 Å². The molecule has 1 aliphatic rings. The second kappa shape index (κ2) is 5.90. The third kappa shape index (κ3) is 4.19. The summed E-state index contributed by atoms with van der Waals surface area (Å²) < 4.78 is 27.1. The third-order valence-corrected chi connectivity index (χ3v) is 4.57. The molecule has 1 saturated carbocycles. The minimum absolute atomic E-state index is 0.0980. The van der Waals surface area contributed by atoms with Gasteiger partial charge in [-0.3, -0.25) is 0 Å². The van der Waals surface area contributed by atoms with Crippen LogP contribution in [0.2, 0.25) is 0 Å². The maximum absolute atomic E-state index is 12.2. The molecule has 1 aromatic carbocycles. The van der Waals surface area contributed by atoms with Crippen LogP contribution in [-0.4, -0.2) is 27.0 Å². The normalized spacial score (nSPS) is 17.2. The Hall–Kier alpha value is -1.11. The van der Waals surface area contributed by atoms with Gasteiger partial charge in [0.25, 0.3) is 0 Å². The fraction of sp³-hybridized carbons (Fsp3) is 0.538. The first-order chi connectivity index (χ1) is 8.99. The lowest BCUT2D eigenvalue weighted by Gasteiger charge is -2.13. The molecule has 0 radical (unpaired) electrons. The molecule has 6 heteroatoms. The first-order valence-corrected chi connectivity index (χ1v) is 8.08. The number of hydrogen-bond acceptors (Lipinski definition) is 4. The van der Waals surface area contributed by atoms with E-state index in [1.165, 1.54) is 0 Å². The van der Waals surface area contributed by atoms with Crippen LogP contribution in [0.25, 0.3) is 0 Å². The van der Waals surface area contributed by atoms with Gasteiger partial charge in [-0.15, -0.1) is 0 Å². The molecule has 106 valence electrons. The highest BCUT2D eigenvalue weighted by atomic mass is 32.2. The van der Waals surface area contributed by atoms with Crippen LogP contribution in [0.4, 0.5) is 5.69 Å². The SMILES string of the molecule is CC(N)CCNc1ccccc1S(=O)(=O)NC1CC1. The van der Waals surface area contributed by atoms with E-state index in [4.69, 9.17) is 5.73 Å². The van der Waals surface area contributed by atoms with Gasteiger partial charge in [-0.25, -0.2) is 13.1 Å². The molecule has 0 saturated heterocycles. The van der Waals surface area contributed by atoms with Gasteiger partial charge in [-0.1, -0.05) is 12.1 Å². The van der Waals surface area contributed by atoms with Crippen molar-refractivity contribution in [2.24, 2.45) is 5.73 Å². The molecule has 1 unspecified atom stereocenters. The van der Waals surface area contributed by atoms with Crippen molar-refractivity contribution >= 4 is 15.7 Å². The van der Waals surface area contributed by atoms with Gasteiger partial charge in [-0.2, -0.15) is 0 Å². The third-order valence-electron chi connectivity index (χ3n) is 2.99. The van der Waals surface area contributed by atoms with Crippen molar-refractivity contribution in [2.45, 2.75) is 43.2 Å². The molecule has 0 spiro atoms. The summed E-state index contributed by atoms with van der Waals surface area (Å²) in [5.41, 5.74) is 6.32. The molecule has 0 bridgehead atoms. The minimum Gasteiger partial charge on any atom is -0.384 e. The number of hydrogen-bond donors (Lipinski definition) is 3. The van der Waals surface area contributed by atoms with Gasteiger partial charge in [0.15, 0.2) is 0 Å². The van der Waals surface area contributed by atoms with Crippen LogP contribution in [0.3, 0.4) is 0 Å². The number of rotatable bonds is 7. The zero-order chi connectivity index (χ0) is 13.9. The Balaban J connectivity index is 2.10. The maximum atomic E-state index is 12.2. The van der Waals surface area contributed by atoms with Crippen molar-refractivity contribution in [1.82, 2.24) is 4.72 Å². The lowest BCUT2D eigenvalue weighted by Crippen LogP contribution is -2.27. The Morgan fingerprint density at radius 2 is 2.05 bits per heavy atom. The molecule has 0 amide bonds. The van der Waals surface area contributed by atoms with E-state index in [-0.39, 0.29) is 12.1 Å². The number of benzene rings is 1. The number of anilines is 1. The van der Waals surface area contributed by atoms with E-state index in [1.807, 2.05) is 13.0 Å². The van der Waals surface area contributed by atoms with Crippen molar-refractivity contribution in [3.8, 4) is 0 Å². The van der Waals surface area contributed by atoms with E-state index >= 15 is 0 Å². The summed E-state index contributed by atoms with van der Waals surface area (Å²) >= 11 is 0. The van der Waals surface area contributed by atoms with Gasteiger partial charge >= 0.3 is 0 Å². The van der Waals surface area contributed by atoms with Gasteiger partial charge < -0.3 is 11.1 Å². The fourth-order valence-electron chi connectivity index (χ4n) is 1.77. The van der Waals surface area contributed by atoms with E-state index in [9.17, 15) is 8.42 Å². The highest BCUT2D eigenvalue weighted by Gasteiger charge is 2.29. The zero-order valence-electron chi connectivity index (χ0n) is 11.1. The fourth-order valence-corrected chi connectivity index (χ4v) is 3.25. The maximum Gasteiger partial charge on any atom is 0.242 e. The predicted octanol–water partition coefficient (Wildman–Crippen LogP) is 1.28. The van der Waals surface area contributed by atoms with Crippen LogP contribution in [0.1, 0.15) is 26.2 Å². The largest absolute Gasteiger partial charge is 0.384 e. The van der Waals surface area contributed by atoms with Crippen LogP contribution in [0, 0.1) is 0 Å². The molecule has 2 rings (SSSR count). The quantitative estimate of drug-likeness (QED) is 0.704. The molecule has 19 heavy (non-hydrogen) atoms. The second-order valence-corrected chi connectivity index (χ2v) is 6.77. The van der Waals surface area contributed by atoms with E-state index in [1.54, 1.807) is 18.2 Å². The van der Waals surface area contributed by atoms with Crippen LogP contribution in [0.15, 0.2) is 29.2 Å². The Morgan fingerprint density at radius 1 is 1.37 bits per heavy atom. The highest BCUT2D eigenvalue weighted by molar-refractivity contribution is 7.89. The van der Waals surface area contributed by atoms with Gasteiger partial charge in [0.05, 0.1) is 5.69 Å². The molecule has 5 nitrogen and oxygen atoms in total. The van der Waals surface area contributed by atoms with Crippen molar-refractivity contribution in [1.29, 1.82) is 0 Å². The molecule has 1 fully saturated rings. The van der Waals surface area contributed by atoms with Crippen LogP contribution >= 0.6 is 0 Å². The average molecular weight is 283 g/mol. The summed E-state index contributed by atoms with van der Waals surface area (Å²) in [7, 11) is -3.42. The lowest BCUT2D eigenvalue weighted by atomic mass is 10.2. The summed E-state index contributed by atoms with van der Waals surface area (Å²) in [6.45, 7) is 2.59. The Morgan fingerprint density at radius 3 is 2.68 bits per heavy atom. The van der Waals surface area contributed by atoms with Gasteiger partial charge in [0.2, 0.25) is 10.0 Å². The molecule has 1 atom stereocenters. The van der Waals surface area contributed by atoms with E-state index in [0.717, 1.165) is 19.3 Å². The Bertz CT molecular complexity index is 524. The average Bonchev–Trinajstić information content (AvgIpc) is 3.12. The molecule has 0 aliphatic heterocycles. The number of nitrogens with two attached hydrogens (primary N) is 1. The summed E-state index contributed by atoms with van der Waals surface area (Å²) in [6, 6.07) is 7.17. The van der Waals surface area contributed by atoms with Gasteiger partial charge in [0, 0.05) is 18.6 Å². The molecule has 4 N–H and O–H groups in total. The summed E-state index contributed by atoms with van der Waals surface area (Å²) in [5.74, 6) is 0. The number of nitrogens with one attached hydrogen (secondary N) is 2. The summed E-state index contributed by atoms with van der Waals surface area (Å²) in [5, 5.41) is 3.15. The lowest BCUT2D eigenvalue weighted by molar-refractivity contribution is 0.581. The van der Waals surface area contributed by atoms with Crippen molar-refractivity contribution in [3.63, 3.8) is 0 Å². The van der Waals surface area contributed by atoms with E-state index in [0.29, 0.717) is 17.1 Å². The van der Waals surface area contributed by atoms with Gasteiger partial charge in [-0.05, 0) is 38.3 Å². The van der Waals surface area contributed by atoms with Crippen LogP contribution in [-0.2, 0) is 10.0 Å². The van der Waals surface area contributed by atoms with Crippen molar-refractivity contribution < 1.29 is 8.42 Å². The van der Waals surface area contributed by atoms with Crippen LogP contribution in [0.5, 0.6) is 0 Å². The summed E-state index contributed by atoms with van der Waals surface area (Å²) in [6.07, 6.45) is 2.66. The zero-order valence-corrected chi connectivity index (χ0v) is 11.9. The monoisotopic (exact) mass is 283 g/mol. The minimum atomic E-state index is -3.42. The van der Waals surface area contributed by atoms with E-state index < -0.39 is 10.0 Å². The molecule has 1 aliphatic carbocycles. The Kier molecular flexibility index (Phi) is 4.44. The van der Waals surface area contributed by atoms with Crippen LogP contribution < -0.4 is 15.8 Å². The molecular formula is C13H21N3O2S. The molecular weight excluding hydrogens is 262 g/mol. The first-order valence-electron chi connectivity index (χ1n) is 6.60. The van der Waals surface area contributed by atoms with Crippen molar-refractivity contribution in [3.05, 3.63) is 24.3 Å². The smallest absolute Gasteiger partial charge is 0.242 e. The highest BCUT2D eigenvalue weighted by Crippen LogP contribution is 2.25. The molecule has 0 heterocycles. The topological polar surface area (TPSA) is 84.2 Å². The molecule has 1 aromatic rings.